The third-order valence-electron chi connectivity index (χ3n) is 4.78. The maximum absolute atomic E-state index is 12.7. The summed E-state index contributed by atoms with van der Waals surface area (Å²) in [6.45, 7) is 7.96. The van der Waals surface area contributed by atoms with Gasteiger partial charge in [0.15, 0.2) is 0 Å². The van der Waals surface area contributed by atoms with Crippen molar-refractivity contribution in [1.29, 1.82) is 0 Å². The summed E-state index contributed by atoms with van der Waals surface area (Å²) in [5.74, 6) is -0.183. The van der Waals surface area contributed by atoms with E-state index in [1.165, 1.54) is 4.31 Å². The zero-order valence-corrected chi connectivity index (χ0v) is 17.4. The third-order valence-corrected chi connectivity index (χ3v) is 6.03. The number of hydrogen-bond acceptors (Lipinski definition) is 3. The lowest BCUT2D eigenvalue weighted by atomic mass is 10.0. The summed E-state index contributed by atoms with van der Waals surface area (Å²) in [7, 11) is -3.61. The number of carbonyl (C=O) groups is 1. The van der Waals surface area contributed by atoms with Crippen molar-refractivity contribution in [3.8, 4) is 0 Å². The molecular formula is C21H28N2O3S. The van der Waals surface area contributed by atoms with Gasteiger partial charge >= 0.3 is 0 Å². The second-order valence-electron chi connectivity index (χ2n) is 7.06. The first-order valence-electron chi connectivity index (χ1n) is 9.00. The largest absolute Gasteiger partial charge is 0.354 e. The van der Waals surface area contributed by atoms with Crippen molar-refractivity contribution < 1.29 is 13.2 Å². The van der Waals surface area contributed by atoms with Crippen LogP contribution >= 0.6 is 0 Å². The van der Waals surface area contributed by atoms with Gasteiger partial charge in [0.25, 0.3) is 0 Å². The maximum atomic E-state index is 12.7. The Balaban J connectivity index is 2.16. The minimum Gasteiger partial charge on any atom is -0.354 e. The van der Waals surface area contributed by atoms with Gasteiger partial charge in [-0.3, -0.25) is 9.10 Å². The molecule has 0 aliphatic heterocycles. The predicted molar refractivity (Wildman–Crippen MR) is 111 cm³/mol. The summed E-state index contributed by atoms with van der Waals surface area (Å²) in [5, 5.41) is 2.88. The molecule has 0 spiro atoms. The van der Waals surface area contributed by atoms with Crippen LogP contribution in [0.2, 0.25) is 0 Å². The van der Waals surface area contributed by atoms with Gasteiger partial charge in [0.1, 0.15) is 6.04 Å². The summed E-state index contributed by atoms with van der Waals surface area (Å²) in [6.07, 6.45) is 1.12. The Bertz CT molecular complexity index is 895. The topological polar surface area (TPSA) is 66.5 Å². The first kappa shape index (κ1) is 21.0. The fraction of sp³-hybridized carbons (Fsp3) is 0.381. The molecule has 2 atom stereocenters. The van der Waals surface area contributed by atoms with Crippen LogP contribution in [0.15, 0.2) is 48.5 Å². The molecule has 5 nitrogen and oxygen atoms in total. The highest BCUT2D eigenvalue weighted by Crippen LogP contribution is 2.24. The van der Waals surface area contributed by atoms with Gasteiger partial charge < -0.3 is 5.32 Å². The molecule has 0 saturated heterocycles. The maximum Gasteiger partial charge on any atom is 0.243 e. The fourth-order valence-electron chi connectivity index (χ4n) is 2.97. The van der Waals surface area contributed by atoms with Gasteiger partial charge in [-0.2, -0.15) is 0 Å². The number of benzene rings is 2. The van der Waals surface area contributed by atoms with Crippen molar-refractivity contribution in [3.63, 3.8) is 0 Å². The van der Waals surface area contributed by atoms with Crippen LogP contribution in [-0.4, -0.2) is 33.2 Å². The Morgan fingerprint density at radius 3 is 2.22 bits per heavy atom. The quantitative estimate of drug-likeness (QED) is 0.791. The number of amides is 1. The monoisotopic (exact) mass is 388 g/mol. The Hall–Kier alpha value is -2.34. The zero-order valence-electron chi connectivity index (χ0n) is 16.6. The van der Waals surface area contributed by atoms with E-state index >= 15 is 0 Å². The first-order chi connectivity index (χ1) is 12.6. The number of rotatable bonds is 7. The van der Waals surface area contributed by atoms with Crippen LogP contribution < -0.4 is 9.62 Å². The van der Waals surface area contributed by atoms with Crippen LogP contribution in [0.4, 0.5) is 5.69 Å². The Labute approximate surface area is 162 Å². The van der Waals surface area contributed by atoms with Crippen molar-refractivity contribution in [1.82, 2.24) is 5.32 Å². The lowest BCUT2D eigenvalue weighted by molar-refractivity contribution is -0.121. The van der Waals surface area contributed by atoms with Gasteiger partial charge in [0.05, 0.1) is 11.9 Å². The molecule has 146 valence electrons. The zero-order chi connectivity index (χ0) is 20.2. The van der Waals surface area contributed by atoms with E-state index in [9.17, 15) is 13.2 Å². The highest BCUT2D eigenvalue weighted by molar-refractivity contribution is 7.92. The molecule has 0 aliphatic carbocycles. The number of aryl methyl sites for hydroxylation is 2. The minimum atomic E-state index is -3.61. The van der Waals surface area contributed by atoms with Crippen molar-refractivity contribution in [2.75, 3.05) is 17.1 Å². The molecule has 2 aromatic carbocycles. The van der Waals surface area contributed by atoms with Gasteiger partial charge in [-0.15, -0.1) is 0 Å². The highest BCUT2D eigenvalue weighted by Gasteiger charge is 2.29. The second kappa shape index (κ2) is 8.57. The number of sulfonamides is 1. The van der Waals surface area contributed by atoms with Gasteiger partial charge in [0.2, 0.25) is 15.9 Å². The number of anilines is 1. The van der Waals surface area contributed by atoms with Gasteiger partial charge in [-0.25, -0.2) is 8.42 Å². The van der Waals surface area contributed by atoms with Crippen LogP contribution in [-0.2, 0) is 14.8 Å². The standard InChI is InChI=1S/C21H28N2O3S/c1-15-11-12-20(13-16(15)2)23(27(5,25)26)18(4)21(24)22-14-17(3)19-9-7-6-8-10-19/h6-13,17-18H,14H2,1-5H3,(H,22,24)/t17-,18-/m1/s1. The van der Waals surface area contributed by atoms with E-state index in [1.54, 1.807) is 19.1 Å². The molecule has 0 saturated carbocycles. The van der Waals surface area contributed by atoms with Crippen LogP contribution in [0.3, 0.4) is 0 Å². The summed E-state index contributed by atoms with van der Waals surface area (Å²) in [5.41, 5.74) is 3.67. The van der Waals surface area contributed by atoms with Gasteiger partial charge in [-0.1, -0.05) is 43.3 Å². The van der Waals surface area contributed by atoms with E-state index in [4.69, 9.17) is 0 Å². The molecular weight excluding hydrogens is 360 g/mol. The van der Waals surface area contributed by atoms with Crippen LogP contribution in [0, 0.1) is 13.8 Å². The van der Waals surface area contributed by atoms with E-state index < -0.39 is 16.1 Å². The summed E-state index contributed by atoms with van der Waals surface area (Å²) in [6, 6.07) is 14.5. The molecule has 0 unspecified atom stereocenters. The Kier molecular flexibility index (Phi) is 6.65. The molecule has 0 fully saturated rings. The Morgan fingerprint density at radius 2 is 1.67 bits per heavy atom. The van der Waals surface area contributed by atoms with Gasteiger partial charge in [-0.05, 0) is 55.5 Å². The van der Waals surface area contributed by atoms with Crippen molar-refractivity contribution in [3.05, 3.63) is 65.2 Å². The second-order valence-corrected chi connectivity index (χ2v) is 8.92. The molecule has 27 heavy (non-hydrogen) atoms. The van der Waals surface area contributed by atoms with Crippen molar-refractivity contribution >= 4 is 21.6 Å². The fourth-order valence-corrected chi connectivity index (χ4v) is 4.14. The number of hydrogen-bond donors (Lipinski definition) is 1. The molecule has 0 aliphatic rings. The third kappa shape index (κ3) is 5.32. The molecule has 0 bridgehead atoms. The van der Waals surface area contributed by atoms with Crippen LogP contribution in [0.1, 0.15) is 36.5 Å². The van der Waals surface area contributed by atoms with Gasteiger partial charge in [0, 0.05) is 6.54 Å². The molecule has 0 heterocycles. The lowest BCUT2D eigenvalue weighted by Gasteiger charge is -2.29. The molecule has 2 rings (SSSR count). The Morgan fingerprint density at radius 1 is 1.04 bits per heavy atom. The minimum absolute atomic E-state index is 0.135. The van der Waals surface area contributed by atoms with E-state index in [0.717, 1.165) is 22.9 Å². The van der Waals surface area contributed by atoms with Crippen molar-refractivity contribution in [2.24, 2.45) is 0 Å². The van der Waals surface area contributed by atoms with Crippen LogP contribution in [0.25, 0.3) is 0 Å². The molecule has 6 heteroatoms. The number of carbonyl (C=O) groups excluding carboxylic acids is 1. The molecule has 0 aromatic heterocycles. The molecule has 0 radical (unpaired) electrons. The summed E-state index contributed by atoms with van der Waals surface area (Å²) in [4.78, 5) is 12.7. The average molecular weight is 389 g/mol. The predicted octanol–water partition coefficient (Wildman–Crippen LogP) is 3.38. The lowest BCUT2D eigenvalue weighted by Crippen LogP contribution is -2.48. The molecule has 1 N–H and O–H groups in total. The normalized spacial score (nSPS) is 13.7. The highest BCUT2D eigenvalue weighted by atomic mass is 32.2. The summed E-state index contributed by atoms with van der Waals surface area (Å²) >= 11 is 0. The molecule has 2 aromatic rings. The summed E-state index contributed by atoms with van der Waals surface area (Å²) < 4.78 is 25.9. The van der Waals surface area contributed by atoms with Crippen LogP contribution in [0.5, 0.6) is 0 Å². The van der Waals surface area contributed by atoms with E-state index in [2.05, 4.69) is 5.32 Å². The smallest absolute Gasteiger partial charge is 0.243 e. The first-order valence-corrected chi connectivity index (χ1v) is 10.9. The van der Waals surface area contributed by atoms with E-state index in [-0.39, 0.29) is 11.8 Å². The van der Waals surface area contributed by atoms with Crippen molar-refractivity contribution in [2.45, 2.75) is 39.7 Å². The van der Waals surface area contributed by atoms with E-state index in [1.807, 2.05) is 57.2 Å². The van der Waals surface area contributed by atoms with E-state index in [0.29, 0.717) is 12.2 Å². The number of nitrogens with zero attached hydrogens (tertiary/aromatic N) is 1. The molecule has 1 amide bonds. The average Bonchev–Trinajstić information content (AvgIpc) is 2.62. The number of nitrogens with one attached hydrogen (secondary N) is 1. The SMILES string of the molecule is Cc1ccc(N([C@H](C)C(=O)NC[C@@H](C)c2ccccc2)S(C)(=O)=O)cc1C.